The molecule has 2 atom stereocenters. The van der Waals surface area contributed by atoms with Gasteiger partial charge in [-0.1, -0.05) is 52.2 Å². The molecule has 3 aromatic heterocycles. The van der Waals surface area contributed by atoms with Gasteiger partial charge in [0.1, 0.15) is 6.61 Å². The lowest BCUT2D eigenvalue weighted by molar-refractivity contribution is -0.147. The Bertz CT molecular complexity index is 2480. The maximum absolute atomic E-state index is 14.7. The number of aliphatic carboxylic acids is 2. The third-order valence-corrected chi connectivity index (χ3v) is 12.2. The van der Waals surface area contributed by atoms with Crippen LogP contribution in [-0.4, -0.2) is 84.8 Å². The lowest BCUT2D eigenvalue weighted by atomic mass is 9.96. The number of fused-ring (bicyclic) bond motifs is 8. The van der Waals surface area contributed by atoms with Gasteiger partial charge in [-0.15, -0.1) is 0 Å². The lowest BCUT2D eigenvalue weighted by Gasteiger charge is -2.19. The Hall–Kier alpha value is -5.47. The predicted octanol–water partition coefficient (Wildman–Crippen LogP) is 10.0. The van der Waals surface area contributed by atoms with E-state index in [1.54, 1.807) is 32.9 Å². The number of hydrogen-bond acceptors (Lipinski definition) is 11. The summed E-state index contributed by atoms with van der Waals surface area (Å²) in [6.45, 7) is 16.7. The van der Waals surface area contributed by atoms with Gasteiger partial charge in [0.05, 0.1) is 53.5 Å². The van der Waals surface area contributed by atoms with Crippen molar-refractivity contribution in [3.05, 3.63) is 75.4 Å². The maximum Gasteiger partial charge on any atom is 0.341 e. The van der Waals surface area contributed by atoms with E-state index in [1.165, 1.54) is 0 Å². The molecule has 5 heterocycles. The van der Waals surface area contributed by atoms with Crippen LogP contribution in [0.1, 0.15) is 148 Å². The highest BCUT2D eigenvalue weighted by Gasteiger charge is 2.30. The number of nitrogens with zero attached hydrogens (tertiary/aromatic N) is 2. The van der Waals surface area contributed by atoms with Gasteiger partial charge >= 0.3 is 32.5 Å². The van der Waals surface area contributed by atoms with Crippen LogP contribution in [0.2, 0.25) is 0 Å². The number of carbonyl (C=O) groups excluding carboxylic acids is 2. The molecule has 3 aromatic rings. The van der Waals surface area contributed by atoms with E-state index in [2.05, 4.69) is 23.5 Å². The van der Waals surface area contributed by atoms with Gasteiger partial charge in [0.25, 0.3) is 0 Å². The molecule has 2 unspecified atom stereocenters. The normalized spacial score (nSPS) is 13.6. The zero-order chi connectivity index (χ0) is 46.0. The van der Waals surface area contributed by atoms with Gasteiger partial charge in [-0.3, -0.25) is 14.4 Å². The van der Waals surface area contributed by atoms with Gasteiger partial charge in [0.2, 0.25) is 0 Å². The zero-order valence-corrected chi connectivity index (χ0v) is 38.1. The molecule has 2 aliphatic heterocycles. The molecule has 0 fully saturated rings. The number of H-pyrrole nitrogens is 2. The predicted molar refractivity (Wildman–Crippen MR) is 244 cm³/mol. The van der Waals surface area contributed by atoms with Crippen molar-refractivity contribution in [3.63, 3.8) is 0 Å². The molecule has 0 aliphatic carbocycles. The van der Waals surface area contributed by atoms with Crippen LogP contribution < -0.4 is 0 Å². The number of ether oxygens (including phenoxy) is 2. The number of unbranched alkanes of at least 4 members (excludes halogenated alkanes) is 4. The van der Waals surface area contributed by atoms with Crippen molar-refractivity contribution < 1.29 is 52.8 Å². The Morgan fingerprint density at radius 3 is 2.13 bits per heavy atom. The van der Waals surface area contributed by atoms with Crippen molar-refractivity contribution in [2.45, 2.75) is 119 Å². The average molecular weight is 887 g/mol. The van der Waals surface area contributed by atoms with Crippen LogP contribution in [0.4, 0.5) is 0 Å². The van der Waals surface area contributed by atoms with E-state index < -0.39 is 45.0 Å². The Morgan fingerprint density at radius 2 is 1.46 bits per heavy atom. The van der Waals surface area contributed by atoms with E-state index in [4.69, 9.17) is 28.5 Å². The summed E-state index contributed by atoms with van der Waals surface area (Å²) in [7, 11) is -2.34. The molecular formula is C47H59N4O11P. The molecule has 15 nitrogen and oxygen atoms in total. The van der Waals surface area contributed by atoms with Crippen LogP contribution in [0.15, 0.2) is 24.8 Å². The highest BCUT2D eigenvalue weighted by Crippen LogP contribution is 2.39. The van der Waals surface area contributed by atoms with Crippen LogP contribution in [0, 0.1) is 13.8 Å². The minimum atomic E-state index is -2.34. The number of esters is 2. The second kappa shape index (κ2) is 22.2. The van der Waals surface area contributed by atoms with Gasteiger partial charge in [0.15, 0.2) is 6.10 Å². The number of carbonyl (C=O) groups is 4. The van der Waals surface area contributed by atoms with Crippen molar-refractivity contribution >= 4 is 82.9 Å². The number of aromatic nitrogens is 4. The smallest absolute Gasteiger partial charge is 0.341 e. The summed E-state index contributed by atoms with van der Waals surface area (Å²) in [6, 6.07) is 5.61. The molecule has 2 aliphatic rings. The molecule has 0 aromatic carbocycles. The molecule has 5 N–H and O–H groups in total. The first-order valence-corrected chi connectivity index (χ1v) is 22.6. The highest BCUT2D eigenvalue weighted by atomic mass is 31.2. The van der Waals surface area contributed by atoms with Gasteiger partial charge in [-0.05, 0) is 105 Å². The molecule has 0 radical (unpaired) electrons. The molecule has 0 saturated heterocycles. The minimum absolute atomic E-state index is 0.0197. The van der Waals surface area contributed by atoms with Crippen LogP contribution in [0.3, 0.4) is 0 Å². The molecule has 16 heteroatoms. The van der Waals surface area contributed by atoms with Crippen LogP contribution in [-0.2, 0) is 39.3 Å². The average Bonchev–Trinajstić information content (AvgIpc) is 3.92. The summed E-state index contributed by atoms with van der Waals surface area (Å²) >= 11 is 0. The largest absolute Gasteiger partial charge is 0.481 e. The van der Waals surface area contributed by atoms with Crippen LogP contribution in [0.5, 0.6) is 0 Å². The SMILES string of the molecule is C=Cc1c(C)c2cc3nc(c(CC(=O)O)c4[nH]c(cc5nc(cc1[nH]2)C(C)=C5CC)c(C)c4C(=O)OC(COC(=O)CCCCCCC)COP(O)OCC)C(CCC(=O)O)=C3C. The molecule has 338 valence electrons. The number of aryl methyl sites for hydroxylation is 2. The molecule has 0 spiro atoms. The van der Waals surface area contributed by atoms with Crippen molar-refractivity contribution in [2.24, 2.45) is 0 Å². The molecule has 0 amide bonds. The van der Waals surface area contributed by atoms with E-state index in [-0.39, 0.29) is 61.4 Å². The number of carboxylic acid groups (broad SMARTS) is 2. The third-order valence-electron chi connectivity index (χ3n) is 11.3. The van der Waals surface area contributed by atoms with E-state index in [0.29, 0.717) is 46.5 Å². The van der Waals surface area contributed by atoms with Crippen molar-refractivity contribution in [1.82, 2.24) is 19.9 Å². The molecule has 8 bridgehead atoms. The number of nitrogens with one attached hydrogen (secondary N) is 2. The number of allylic oxidation sites excluding steroid dienone is 4. The fourth-order valence-electron chi connectivity index (χ4n) is 7.88. The van der Waals surface area contributed by atoms with Gasteiger partial charge in [-0.2, -0.15) is 0 Å². The van der Waals surface area contributed by atoms with Crippen molar-refractivity contribution in [1.29, 1.82) is 0 Å². The van der Waals surface area contributed by atoms with E-state index >= 15 is 0 Å². The summed E-state index contributed by atoms with van der Waals surface area (Å²) in [5.74, 6) is -3.66. The fraction of sp³-hybridized carbons (Fsp3) is 0.447. The summed E-state index contributed by atoms with van der Waals surface area (Å²) in [6.07, 6.45) is 5.15. The lowest BCUT2D eigenvalue weighted by Crippen LogP contribution is -2.29. The summed E-state index contributed by atoms with van der Waals surface area (Å²) in [4.78, 5) is 79.5. The maximum atomic E-state index is 14.7. The van der Waals surface area contributed by atoms with Crippen LogP contribution in [0.25, 0.3) is 50.4 Å². The van der Waals surface area contributed by atoms with Gasteiger partial charge in [-0.25, -0.2) is 14.8 Å². The third kappa shape index (κ3) is 11.8. The number of carboxylic acids is 2. The fourth-order valence-corrected chi connectivity index (χ4v) is 8.47. The monoisotopic (exact) mass is 886 g/mol. The Kier molecular flexibility index (Phi) is 17.1. The second-order valence-electron chi connectivity index (χ2n) is 15.6. The Morgan fingerprint density at radius 1 is 0.794 bits per heavy atom. The number of hydrogen-bond donors (Lipinski definition) is 5. The molecule has 63 heavy (non-hydrogen) atoms. The van der Waals surface area contributed by atoms with E-state index in [1.807, 2.05) is 32.9 Å². The standard InChI is InChI=1S/C47H59N4O11P/c1-9-13-14-15-16-17-43(56)59-24-30(25-61-63(58)60-12-4)62-47(57)44-29(8)38-23-40-32(11-3)27(6)36(49-40)22-39-31(10-2)26(5)35(48-39)21-37-28(7)33(18-19-41(52)53)45(50-37)34(20-42(54)55)46(44)51-38/h10,21-23,30,48,51,58H,2,9,11-20,24-25H2,1,3-8H3,(H,52,53)(H,54,55). The first kappa shape index (κ1) is 48.6. The van der Waals surface area contributed by atoms with Crippen molar-refractivity contribution in [3.8, 4) is 0 Å². The summed E-state index contributed by atoms with van der Waals surface area (Å²) in [5, 5.41) is 20.3. The van der Waals surface area contributed by atoms with E-state index in [9.17, 15) is 34.3 Å². The van der Waals surface area contributed by atoms with E-state index in [0.717, 1.165) is 64.7 Å². The Balaban J connectivity index is 1.79. The quantitative estimate of drug-likeness (QED) is 0.0360. The first-order valence-electron chi connectivity index (χ1n) is 21.5. The molecular weight excluding hydrogens is 828 g/mol. The van der Waals surface area contributed by atoms with Crippen molar-refractivity contribution in [2.75, 3.05) is 19.8 Å². The number of rotatable bonds is 22. The van der Waals surface area contributed by atoms with Gasteiger partial charge in [0, 0.05) is 40.5 Å². The zero-order valence-electron chi connectivity index (χ0n) is 37.2. The van der Waals surface area contributed by atoms with Crippen LogP contribution >= 0.6 is 8.60 Å². The molecule has 0 saturated carbocycles. The number of aromatic amines is 2. The minimum Gasteiger partial charge on any atom is -0.481 e. The Labute approximate surface area is 368 Å². The second-order valence-corrected chi connectivity index (χ2v) is 16.6. The molecule has 5 rings (SSSR count). The van der Waals surface area contributed by atoms with Gasteiger partial charge < -0.3 is 43.6 Å². The summed E-state index contributed by atoms with van der Waals surface area (Å²) < 4.78 is 22.3. The first-order chi connectivity index (χ1) is 30.1. The summed E-state index contributed by atoms with van der Waals surface area (Å²) in [5.41, 5.74) is 9.40. The topological polar surface area (TPSA) is 223 Å². The highest BCUT2D eigenvalue weighted by molar-refractivity contribution is 7.40.